The van der Waals surface area contributed by atoms with E-state index in [4.69, 9.17) is 0 Å². The standard InChI is InChI=1S/C13H17N5/c1-3-15-12-8-11(10-6-5-7-14-9-10)17-13(18-12)16-4-2/h5-9H,3-4H2,1-2H3,(H2,15,16,17,18). The van der Waals surface area contributed by atoms with Crippen LogP contribution in [0.5, 0.6) is 0 Å². The van der Waals surface area contributed by atoms with Crippen LogP contribution in [0, 0.1) is 0 Å². The number of nitrogens with one attached hydrogen (secondary N) is 2. The molecule has 2 N–H and O–H groups in total. The maximum Gasteiger partial charge on any atom is 0.225 e. The normalized spacial score (nSPS) is 10.1. The van der Waals surface area contributed by atoms with Crippen LogP contribution in [0.4, 0.5) is 11.8 Å². The molecule has 5 nitrogen and oxygen atoms in total. The van der Waals surface area contributed by atoms with E-state index in [2.05, 4.69) is 25.6 Å². The molecule has 2 aromatic heterocycles. The summed E-state index contributed by atoms with van der Waals surface area (Å²) in [6, 6.07) is 5.82. The molecule has 0 amide bonds. The summed E-state index contributed by atoms with van der Waals surface area (Å²) >= 11 is 0. The first-order valence-electron chi connectivity index (χ1n) is 6.10. The van der Waals surface area contributed by atoms with Gasteiger partial charge in [0, 0.05) is 37.1 Å². The van der Waals surface area contributed by atoms with E-state index in [1.54, 1.807) is 12.4 Å². The molecule has 0 aliphatic heterocycles. The fourth-order valence-corrected chi connectivity index (χ4v) is 1.62. The maximum absolute atomic E-state index is 4.47. The molecule has 0 aliphatic carbocycles. The van der Waals surface area contributed by atoms with E-state index < -0.39 is 0 Å². The molecular weight excluding hydrogens is 226 g/mol. The minimum atomic E-state index is 0.634. The smallest absolute Gasteiger partial charge is 0.225 e. The molecule has 0 bridgehead atoms. The Hall–Kier alpha value is -2.17. The first-order chi connectivity index (χ1) is 8.83. The molecule has 0 radical (unpaired) electrons. The first-order valence-corrected chi connectivity index (χ1v) is 6.10. The lowest BCUT2D eigenvalue weighted by molar-refractivity contribution is 1.07. The average Bonchev–Trinajstić information content (AvgIpc) is 2.40. The molecule has 0 spiro atoms. The predicted octanol–water partition coefficient (Wildman–Crippen LogP) is 2.40. The van der Waals surface area contributed by atoms with Crippen LogP contribution in [0.3, 0.4) is 0 Å². The van der Waals surface area contributed by atoms with Gasteiger partial charge in [0.1, 0.15) is 5.82 Å². The van der Waals surface area contributed by atoms with Gasteiger partial charge in [-0.05, 0) is 26.0 Å². The van der Waals surface area contributed by atoms with Crippen molar-refractivity contribution >= 4 is 11.8 Å². The summed E-state index contributed by atoms with van der Waals surface area (Å²) in [6.07, 6.45) is 3.55. The van der Waals surface area contributed by atoms with Crippen LogP contribution in [0.2, 0.25) is 0 Å². The van der Waals surface area contributed by atoms with Gasteiger partial charge < -0.3 is 10.6 Å². The fraction of sp³-hybridized carbons (Fsp3) is 0.308. The lowest BCUT2D eigenvalue weighted by atomic mass is 10.2. The molecule has 2 rings (SSSR count). The number of hydrogen-bond donors (Lipinski definition) is 2. The van der Waals surface area contributed by atoms with Gasteiger partial charge in [-0.1, -0.05) is 0 Å². The Bertz CT molecular complexity index is 474. The summed E-state index contributed by atoms with van der Waals surface area (Å²) in [4.78, 5) is 13.0. The van der Waals surface area contributed by atoms with Crippen molar-refractivity contribution in [2.45, 2.75) is 13.8 Å². The molecule has 0 unspecified atom stereocenters. The van der Waals surface area contributed by atoms with Crippen molar-refractivity contribution in [3.63, 3.8) is 0 Å². The fourth-order valence-electron chi connectivity index (χ4n) is 1.62. The zero-order valence-electron chi connectivity index (χ0n) is 10.6. The highest BCUT2D eigenvalue weighted by Gasteiger charge is 2.05. The third kappa shape index (κ3) is 2.94. The van der Waals surface area contributed by atoms with Gasteiger partial charge in [0.25, 0.3) is 0 Å². The molecule has 18 heavy (non-hydrogen) atoms. The molecule has 94 valence electrons. The van der Waals surface area contributed by atoms with Crippen molar-refractivity contribution in [3.8, 4) is 11.3 Å². The molecule has 0 aromatic carbocycles. The zero-order valence-corrected chi connectivity index (χ0v) is 10.6. The second-order valence-corrected chi connectivity index (χ2v) is 3.76. The minimum absolute atomic E-state index is 0.634. The Labute approximate surface area is 107 Å². The van der Waals surface area contributed by atoms with E-state index in [-0.39, 0.29) is 0 Å². The van der Waals surface area contributed by atoms with Crippen molar-refractivity contribution in [1.29, 1.82) is 0 Å². The Morgan fingerprint density at radius 1 is 1.11 bits per heavy atom. The van der Waals surface area contributed by atoms with E-state index in [1.807, 2.05) is 32.0 Å². The van der Waals surface area contributed by atoms with Gasteiger partial charge in [-0.15, -0.1) is 0 Å². The van der Waals surface area contributed by atoms with E-state index in [0.29, 0.717) is 5.95 Å². The van der Waals surface area contributed by atoms with Crippen LogP contribution in [0.25, 0.3) is 11.3 Å². The Balaban J connectivity index is 2.39. The third-order valence-electron chi connectivity index (χ3n) is 2.38. The maximum atomic E-state index is 4.47. The molecule has 2 heterocycles. The van der Waals surface area contributed by atoms with Gasteiger partial charge in [-0.3, -0.25) is 4.98 Å². The van der Waals surface area contributed by atoms with Gasteiger partial charge in [0.2, 0.25) is 5.95 Å². The van der Waals surface area contributed by atoms with Crippen molar-refractivity contribution in [1.82, 2.24) is 15.0 Å². The van der Waals surface area contributed by atoms with Crippen LogP contribution in [0.15, 0.2) is 30.6 Å². The number of anilines is 2. The van der Waals surface area contributed by atoms with E-state index in [9.17, 15) is 0 Å². The molecule has 0 fully saturated rings. The highest BCUT2D eigenvalue weighted by molar-refractivity contribution is 5.63. The summed E-state index contributed by atoms with van der Waals surface area (Å²) in [5.74, 6) is 1.46. The van der Waals surface area contributed by atoms with Crippen LogP contribution < -0.4 is 10.6 Å². The summed E-state index contributed by atoms with van der Waals surface area (Å²) < 4.78 is 0. The van der Waals surface area contributed by atoms with Crippen LogP contribution in [-0.2, 0) is 0 Å². The summed E-state index contributed by atoms with van der Waals surface area (Å²) in [7, 11) is 0. The first kappa shape index (κ1) is 12.3. The van der Waals surface area contributed by atoms with Crippen molar-refractivity contribution in [2.24, 2.45) is 0 Å². The lowest BCUT2D eigenvalue weighted by Crippen LogP contribution is -2.07. The largest absolute Gasteiger partial charge is 0.370 e. The lowest BCUT2D eigenvalue weighted by Gasteiger charge is -2.09. The quantitative estimate of drug-likeness (QED) is 0.844. The van der Waals surface area contributed by atoms with Gasteiger partial charge in [-0.2, -0.15) is 4.98 Å². The second kappa shape index (κ2) is 5.95. The molecule has 5 heteroatoms. The molecule has 2 aromatic rings. The number of hydrogen-bond acceptors (Lipinski definition) is 5. The minimum Gasteiger partial charge on any atom is -0.370 e. The molecule has 0 aliphatic rings. The van der Waals surface area contributed by atoms with Crippen LogP contribution >= 0.6 is 0 Å². The second-order valence-electron chi connectivity index (χ2n) is 3.76. The van der Waals surface area contributed by atoms with Gasteiger partial charge in [-0.25, -0.2) is 4.98 Å². The third-order valence-corrected chi connectivity index (χ3v) is 2.38. The van der Waals surface area contributed by atoms with Crippen molar-refractivity contribution in [2.75, 3.05) is 23.7 Å². The van der Waals surface area contributed by atoms with Gasteiger partial charge in [0.15, 0.2) is 0 Å². The number of aromatic nitrogens is 3. The summed E-state index contributed by atoms with van der Waals surface area (Å²) in [5, 5.41) is 6.34. The Morgan fingerprint density at radius 2 is 1.94 bits per heavy atom. The summed E-state index contributed by atoms with van der Waals surface area (Å²) in [6.45, 7) is 5.68. The highest BCUT2D eigenvalue weighted by Crippen LogP contribution is 2.20. The summed E-state index contributed by atoms with van der Waals surface area (Å²) in [5.41, 5.74) is 1.85. The van der Waals surface area contributed by atoms with E-state index >= 15 is 0 Å². The monoisotopic (exact) mass is 243 g/mol. The Morgan fingerprint density at radius 3 is 2.61 bits per heavy atom. The number of pyridine rings is 1. The number of rotatable bonds is 5. The SMILES string of the molecule is CCNc1cc(-c2cccnc2)nc(NCC)n1. The highest BCUT2D eigenvalue weighted by atomic mass is 15.1. The van der Waals surface area contributed by atoms with Crippen molar-refractivity contribution < 1.29 is 0 Å². The molecule has 0 saturated carbocycles. The van der Waals surface area contributed by atoms with E-state index in [0.717, 1.165) is 30.2 Å². The Kier molecular flexibility index (Phi) is 4.06. The van der Waals surface area contributed by atoms with Gasteiger partial charge in [0.05, 0.1) is 5.69 Å². The van der Waals surface area contributed by atoms with Crippen LogP contribution in [0.1, 0.15) is 13.8 Å². The zero-order chi connectivity index (χ0) is 12.8. The topological polar surface area (TPSA) is 62.7 Å². The molecular formula is C13H17N5. The number of nitrogens with zero attached hydrogens (tertiary/aromatic N) is 3. The predicted molar refractivity (Wildman–Crippen MR) is 73.6 cm³/mol. The average molecular weight is 243 g/mol. The molecule has 0 saturated heterocycles. The molecule has 0 atom stereocenters. The van der Waals surface area contributed by atoms with Crippen LogP contribution in [-0.4, -0.2) is 28.0 Å². The van der Waals surface area contributed by atoms with Gasteiger partial charge >= 0.3 is 0 Å². The van der Waals surface area contributed by atoms with Crippen molar-refractivity contribution in [3.05, 3.63) is 30.6 Å². The van der Waals surface area contributed by atoms with E-state index in [1.165, 1.54) is 0 Å².